The summed E-state index contributed by atoms with van der Waals surface area (Å²) >= 11 is 3.63. The Labute approximate surface area is 172 Å². The van der Waals surface area contributed by atoms with Crippen molar-refractivity contribution < 1.29 is 22.7 Å². The Kier molecular flexibility index (Phi) is 5.60. The number of carbonyl (C=O) groups excluding carboxylic acids is 1. The molecule has 3 nitrogen and oxygen atoms in total. The van der Waals surface area contributed by atoms with Gasteiger partial charge in [-0.2, -0.15) is 13.2 Å². The van der Waals surface area contributed by atoms with E-state index >= 15 is 0 Å². The first-order chi connectivity index (χ1) is 12.9. The molecule has 0 bridgehead atoms. The average Bonchev–Trinajstić information content (AvgIpc) is 2.85. The predicted octanol–water partition coefficient (Wildman–Crippen LogP) is 6.75. The molecule has 1 aromatic carbocycles. The van der Waals surface area contributed by atoms with Crippen LogP contribution in [0.25, 0.3) is 0 Å². The number of hydrogen-bond acceptors (Lipinski definition) is 2. The second-order valence-electron chi connectivity index (χ2n) is 8.65. The zero-order valence-electron chi connectivity index (χ0n) is 16.5. The molecule has 0 N–H and O–H groups in total. The lowest BCUT2D eigenvalue weighted by Gasteiger charge is -2.33. The number of hydrogen-bond donors (Lipinski definition) is 0. The minimum atomic E-state index is -4.43. The molecule has 0 spiro atoms. The number of aryl methyl sites for hydroxylation is 1. The SMILES string of the molecule is Cc1cc([C@H]2OC(=O)N(CC3=C(Br)CCC(C)(C)C3)[C@H]2C)cc(C(F)(F)F)c1. The van der Waals surface area contributed by atoms with Gasteiger partial charge >= 0.3 is 12.3 Å². The van der Waals surface area contributed by atoms with Crippen LogP contribution in [0, 0.1) is 12.3 Å². The maximum absolute atomic E-state index is 13.2. The van der Waals surface area contributed by atoms with Gasteiger partial charge in [0.1, 0.15) is 6.10 Å². The second-order valence-corrected chi connectivity index (χ2v) is 9.61. The molecule has 28 heavy (non-hydrogen) atoms. The van der Waals surface area contributed by atoms with E-state index < -0.39 is 23.9 Å². The molecule has 0 radical (unpaired) electrons. The van der Waals surface area contributed by atoms with Crippen molar-refractivity contribution in [3.63, 3.8) is 0 Å². The molecular formula is C21H25BrF3NO2. The molecule has 1 heterocycles. The molecule has 2 atom stereocenters. The van der Waals surface area contributed by atoms with E-state index in [-0.39, 0.29) is 11.5 Å². The highest BCUT2D eigenvalue weighted by atomic mass is 79.9. The van der Waals surface area contributed by atoms with E-state index in [4.69, 9.17) is 4.74 Å². The quantitative estimate of drug-likeness (QED) is 0.499. The first kappa shape index (κ1) is 21.2. The fourth-order valence-corrected chi connectivity index (χ4v) is 4.50. The van der Waals surface area contributed by atoms with E-state index in [0.29, 0.717) is 17.7 Å². The summed E-state index contributed by atoms with van der Waals surface area (Å²) in [5.74, 6) is 0. The Hall–Kier alpha value is -1.50. The molecule has 0 aromatic heterocycles. The Morgan fingerprint density at radius 3 is 2.61 bits per heavy atom. The van der Waals surface area contributed by atoms with Crippen LogP contribution >= 0.6 is 15.9 Å². The van der Waals surface area contributed by atoms with Crippen LogP contribution in [0.2, 0.25) is 0 Å². The average molecular weight is 460 g/mol. The lowest BCUT2D eigenvalue weighted by atomic mass is 9.77. The lowest BCUT2D eigenvalue weighted by Crippen LogP contribution is -2.35. The zero-order chi connectivity index (χ0) is 20.9. The molecule has 2 aliphatic rings. The molecule has 3 rings (SSSR count). The topological polar surface area (TPSA) is 29.5 Å². The molecule has 1 fully saturated rings. The summed E-state index contributed by atoms with van der Waals surface area (Å²) in [6, 6.07) is 3.50. The summed E-state index contributed by atoms with van der Waals surface area (Å²) in [4.78, 5) is 14.1. The molecule has 0 unspecified atom stereocenters. The Bertz CT molecular complexity index is 816. The van der Waals surface area contributed by atoms with Gasteiger partial charge in [0.15, 0.2) is 0 Å². The summed E-state index contributed by atoms with van der Waals surface area (Å²) in [6.07, 6.45) is -2.76. The van der Waals surface area contributed by atoms with E-state index in [1.54, 1.807) is 17.9 Å². The maximum atomic E-state index is 13.2. The standard InChI is InChI=1S/C21H25BrF3NO2/c1-12-7-14(9-16(8-12)21(23,24)25)18-13(2)26(19(27)28-18)11-15-10-20(3,4)6-5-17(15)22/h7-9,13,18H,5-6,10-11H2,1-4H3/t13-,18-/m0/s1. The third kappa shape index (κ3) is 4.39. The molecule has 1 aliphatic carbocycles. The van der Waals surface area contributed by atoms with Crippen molar-refractivity contribution in [2.24, 2.45) is 5.41 Å². The van der Waals surface area contributed by atoms with E-state index in [1.807, 2.05) is 6.92 Å². The van der Waals surface area contributed by atoms with Crippen LogP contribution in [0.1, 0.15) is 62.8 Å². The van der Waals surface area contributed by atoms with Crippen LogP contribution in [-0.4, -0.2) is 23.6 Å². The van der Waals surface area contributed by atoms with Gasteiger partial charge in [-0.25, -0.2) is 4.79 Å². The lowest BCUT2D eigenvalue weighted by molar-refractivity contribution is -0.137. The Morgan fingerprint density at radius 2 is 1.96 bits per heavy atom. The van der Waals surface area contributed by atoms with Gasteiger partial charge in [0.25, 0.3) is 0 Å². The number of ether oxygens (including phenoxy) is 1. The highest BCUT2D eigenvalue weighted by Crippen LogP contribution is 2.43. The van der Waals surface area contributed by atoms with E-state index in [9.17, 15) is 18.0 Å². The molecule has 1 saturated heterocycles. The molecular weight excluding hydrogens is 435 g/mol. The maximum Gasteiger partial charge on any atom is 0.416 e. The van der Waals surface area contributed by atoms with Gasteiger partial charge in [-0.05, 0) is 66.3 Å². The number of allylic oxidation sites excluding steroid dienone is 1. The van der Waals surface area contributed by atoms with Gasteiger partial charge in [-0.1, -0.05) is 41.4 Å². The summed E-state index contributed by atoms with van der Waals surface area (Å²) in [7, 11) is 0. The number of nitrogens with zero attached hydrogens (tertiary/aromatic N) is 1. The van der Waals surface area contributed by atoms with E-state index in [2.05, 4.69) is 29.8 Å². The van der Waals surface area contributed by atoms with Crippen LogP contribution < -0.4 is 0 Å². The number of rotatable bonds is 3. The minimum Gasteiger partial charge on any atom is -0.439 e. The summed E-state index contributed by atoms with van der Waals surface area (Å²) in [5, 5.41) is 0. The predicted molar refractivity (Wildman–Crippen MR) is 105 cm³/mol. The fourth-order valence-electron chi connectivity index (χ4n) is 4.03. The monoisotopic (exact) mass is 459 g/mol. The molecule has 1 amide bonds. The number of cyclic esters (lactones) is 1. The fraction of sp³-hybridized carbons (Fsp3) is 0.571. The van der Waals surface area contributed by atoms with Crippen LogP contribution in [0.15, 0.2) is 28.3 Å². The minimum absolute atomic E-state index is 0.164. The Morgan fingerprint density at radius 1 is 1.29 bits per heavy atom. The molecule has 1 aromatic rings. The van der Waals surface area contributed by atoms with Crippen molar-refractivity contribution in [3.8, 4) is 0 Å². The van der Waals surface area contributed by atoms with Crippen LogP contribution in [0.5, 0.6) is 0 Å². The number of amides is 1. The van der Waals surface area contributed by atoms with Gasteiger partial charge < -0.3 is 4.74 Å². The van der Waals surface area contributed by atoms with Gasteiger partial charge in [-0.15, -0.1) is 0 Å². The van der Waals surface area contributed by atoms with Crippen molar-refractivity contribution in [2.75, 3.05) is 6.54 Å². The first-order valence-electron chi connectivity index (χ1n) is 9.40. The van der Waals surface area contributed by atoms with Gasteiger partial charge in [-0.3, -0.25) is 4.90 Å². The summed E-state index contributed by atoms with van der Waals surface area (Å²) in [5.41, 5.74) is 1.47. The van der Waals surface area contributed by atoms with Gasteiger partial charge in [0, 0.05) is 6.54 Å². The smallest absolute Gasteiger partial charge is 0.416 e. The highest BCUT2D eigenvalue weighted by molar-refractivity contribution is 9.11. The largest absolute Gasteiger partial charge is 0.439 e. The second kappa shape index (κ2) is 7.39. The summed E-state index contributed by atoms with van der Waals surface area (Å²) < 4.78 is 46.2. The molecule has 0 saturated carbocycles. The van der Waals surface area contributed by atoms with Crippen molar-refractivity contribution in [1.82, 2.24) is 4.90 Å². The zero-order valence-corrected chi connectivity index (χ0v) is 18.1. The third-order valence-electron chi connectivity index (χ3n) is 5.61. The third-order valence-corrected chi connectivity index (χ3v) is 6.56. The van der Waals surface area contributed by atoms with Crippen LogP contribution in [-0.2, 0) is 10.9 Å². The number of benzene rings is 1. The highest BCUT2D eigenvalue weighted by Gasteiger charge is 2.42. The van der Waals surface area contributed by atoms with Crippen molar-refractivity contribution >= 4 is 22.0 Å². The number of alkyl halides is 3. The summed E-state index contributed by atoms with van der Waals surface area (Å²) in [6.45, 7) is 8.27. The number of carbonyl (C=O) groups is 1. The van der Waals surface area contributed by atoms with E-state index in [0.717, 1.165) is 41.5 Å². The molecule has 1 aliphatic heterocycles. The molecule has 7 heteroatoms. The van der Waals surface area contributed by atoms with Crippen LogP contribution in [0.3, 0.4) is 0 Å². The normalized spacial score (nSPS) is 25.3. The van der Waals surface area contributed by atoms with Crippen molar-refractivity contribution in [3.05, 3.63) is 44.9 Å². The van der Waals surface area contributed by atoms with Gasteiger partial charge in [0.2, 0.25) is 0 Å². The van der Waals surface area contributed by atoms with Crippen molar-refractivity contribution in [1.29, 1.82) is 0 Å². The van der Waals surface area contributed by atoms with Crippen molar-refractivity contribution in [2.45, 2.75) is 65.3 Å². The molecule has 154 valence electrons. The first-order valence-corrected chi connectivity index (χ1v) is 10.2. The Balaban J connectivity index is 1.85. The van der Waals surface area contributed by atoms with Crippen LogP contribution in [0.4, 0.5) is 18.0 Å². The van der Waals surface area contributed by atoms with E-state index in [1.165, 1.54) is 0 Å². The number of halogens is 4. The van der Waals surface area contributed by atoms with Gasteiger partial charge in [0.05, 0.1) is 11.6 Å².